The quantitative estimate of drug-likeness (QED) is 0.191. The number of benzene rings is 1. The molecule has 8 heteroatoms. The first-order valence-corrected chi connectivity index (χ1v) is 9.19. The Morgan fingerprint density at radius 2 is 1.75 bits per heavy atom. The first kappa shape index (κ1) is 19.6. The van der Waals surface area contributed by atoms with Crippen molar-refractivity contribution < 1.29 is 24.0 Å². The summed E-state index contributed by atoms with van der Waals surface area (Å²) in [5.41, 5.74) is 6.39. The lowest BCUT2D eigenvalue weighted by Crippen LogP contribution is -2.32. The summed E-state index contributed by atoms with van der Waals surface area (Å²) in [6, 6.07) is 6.84. The van der Waals surface area contributed by atoms with Gasteiger partial charge in [0.25, 0.3) is 0 Å². The molecule has 1 aliphatic heterocycles. The van der Waals surface area contributed by atoms with E-state index < -0.39 is 5.97 Å². The molecule has 2 N–H and O–H groups in total. The fraction of sp³-hybridized carbons (Fsp3) is 0.400. The number of likely N-dealkylation sites (tertiary alicyclic amines) is 1. The molecule has 0 aromatic heterocycles. The van der Waals surface area contributed by atoms with Gasteiger partial charge in [0.15, 0.2) is 5.84 Å². The first-order valence-electron chi connectivity index (χ1n) is 9.19. The van der Waals surface area contributed by atoms with E-state index in [9.17, 15) is 14.4 Å². The summed E-state index contributed by atoms with van der Waals surface area (Å²) in [6.07, 6.45) is 5.45. The molecule has 0 unspecified atom stereocenters. The predicted octanol–water partition coefficient (Wildman–Crippen LogP) is 1.59. The lowest BCUT2D eigenvalue weighted by Gasteiger charge is -2.14. The molecule has 1 fully saturated rings. The van der Waals surface area contributed by atoms with Crippen molar-refractivity contribution in [2.75, 3.05) is 13.7 Å². The van der Waals surface area contributed by atoms with E-state index in [1.807, 2.05) is 12.2 Å². The van der Waals surface area contributed by atoms with Crippen molar-refractivity contribution in [1.82, 2.24) is 4.90 Å². The van der Waals surface area contributed by atoms with Crippen LogP contribution in [0.5, 0.6) is 5.75 Å². The number of nitrogens with two attached hydrogens (primary N) is 1. The van der Waals surface area contributed by atoms with Gasteiger partial charge in [-0.25, -0.2) is 4.79 Å². The first-order chi connectivity index (χ1) is 13.5. The number of amides is 2. The summed E-state index contributed by atoms with van der Waals surface area (Å²) < 4.78 is 5.06. The van der Waals surface area contributed by atoms with Crippen LogP contribution >= 0.6 is 0 Å². The molecule has 1 aromatic carbocycles. The second-order valence-corrected chi connectivity index (χ2v) is 6.76. The van der Waals surface area contributed by atoms with E-state index in [4.69, 9.17) is 15.3 Å². The molecule has 0 spiro atoms. The molecule has 2 atom stereocenters. The number of imide groups is 1. The number of hydrogen-bond acceptors (Lipinski definition) is 6. The standard InChI is InChI=1S/C20H23N3O5/c1-27-14-10-8-13(9-11-14)18(21)22-28-17(24)7-4-12-23-19(25)15-5-2-3-6-16(15)20(23)26/h2-3,8-11,15-16H,4-7,12H2,1H3,(H2,21,22)/t15-,16+. The highest BCUT2D eigenvalue weighted by Gasteiger charge is 2.46. The van der Waals surface area contributed by atoms with Crippen molar-refractivity contribution in [3.63, 3.8) is 0 Å². The Balaban J connectivity index is 1.45. The summed E-state index contributed by atoms with van der Waals surface area (Å²) in [4.78, 5) is 42.7. The fourth-order valence-electron chi connectivity index (χ4n) is 3.43. The van der Waals surface area contributed by atoms with E-state index in [0.29, 0.717) is 30.6 Å². The Bertz CT molecular complexity index is 790. The molecule has 1 heterocycles. The van der Waals surface area contributed by atoms with Crippen molar-refractivity contribution in [1.29, 1.82) is 0 Å². The van der Waals surface area contributed by atoms with E-state index in [1.54, 1.807) is 31.4 Å². The third-order valence-corrected chi connectivity index (χ3v) is 4.99. The third kappa shape index (κ3) is 4.21. The van der Waals surface area contributed by atoms with Crippen molar-refractivity contribution in [3.8, 4) is 5.75 Å². The molecule has 0 bridgehead atoms. The average Bonchev–Trinajstić information content (AvgIpc) is 2.97. The Hall–Kier alpha value is -3.16. The lowest BCUT2D eigenvalue weighted by atomic mass is 9.85. The second kappa shape index (κ2) is 8.69. The predicted molar refractivity (Wildman–Crippen MR) is 101 cm³/mol. The number of oxime groups is 1. The summed E-state index contributed by atoms with van der Waals surface area (Å²) >= 11 is 0. The normalized spacial score (nSPS) is 21.6. The van der Waals surface area contributed by atoms with Crippen LogP contribution in [0.25, 0.3) is 0 Å². The highest BCUT2D eigenvalue weighted by molar-refractivity contribution is 6.05. The fourth-order valence-corrected chi connectivity index (χ4v) is 3.43. The summed E-state index contributed by atoms with van der Waals surface area (Å²) in [5, 5.41) is 3.64. The number of hydrogen-bond donors (Lipinski definition) is 1. The van der Waals surface area contributed by atoms with Crippen LogP contribution in [0.3, 0.4) is 0 Å². The van der Waals surface area contributed by atoms with Crippen LogP contribution in [-0.4, -0.2) is 42.2 Å². The van der Waals surface area contributed by atoms with Gasteiger partial charge in [-0.15, -0.1) is 0 Å². The smallest absolute Gasteiger partial charge is 0.335 e. The minimum atomic E-state index is -0.574. The van der Waals surface area contributed by atoms with Crippen molar-refractivity contribution in [2.45, 2.75) is 25.7 Å². The SMILES string of the molecule is COc1ccc(/C(N)=N/OC(=O)CCCN2C(=O)[C@H]3CC=CC[C@H]3C2=O)cc1. The molecule has 2 amide bonds. The Morgan fingerprint density at radius 1 is 1.14 bits per heavy atom. The zero-order valence-corrected chi connectivity index (χ0v) is 15.7. The van der Waals surface area contributed by atoms with Gasteiger partial charge in [-0.2, -0.15) is 0 Å². The van der Waals surface area contributed by atoms with E-state index >= 15 is 0 Å². The minimum absolute atomic E-state index is 0.0318. The van der Waals surface area contributed by atoms with Crippen LogP contribution in [0.2, 0.25) is 0 Å². The van der Waals surface area contributed by atoms with Crippen LogP contribution in [0.4, 0.5) is 0 Å². The van der Waals surface area contributed by atoms with Gasteiger partial charge in [0.05, 0.1) is 18.9 Å². The van der Waals surface area contributed by atoms with E-state index in [0.717, 1.165) is 0 Å². The molecule has 28 heavy (non-hydrogen) atoms. The summed E-state index contributed by atoms with van der Waals surface area (Å²) in [6.45, 7) is 0.206. The van der Waals surface area contributed by atoms with E-state index in [2.05, 4.69) is 5.16 Å². The molecule has 1 aliphatic carbocycles. The highest BCUT2D eigenvalue weighted by atomic mass is 16.7. The van der Waals surface area contributed by atoms with Crippen LogP contribution in [-0.2, 0) is 19.2 Å². The molecule has 1 saturated heterocycles. The van der Waals surface area contributed by atoms with Crippen molar-refractivity contribution in [2.24, 2.45) is 22.7 Å². The molecule has 8 nitrogen and oxygen atoms in total. The van der Waals surface area contributed by atoms with Gasteiger partial charge in [-0.1, -0.05) is 17.3 Å². The number of amidine groups is 1. The lowest BCUT2D eigenvalue weighted by molar-refractivity contribution is -0.145. The zero-order valence-electron chi connectivity index (χ0n) is 15.7. The van der Waals surface area contributed by atoms with E-state index in [-0.39, 0.29) is 42.5 Å². The maximum Gasteiger partial charge on any atom is 0.335 e. The zero-order chi connectivity index (χ0) is 20.1. The van der Waals surface area contributed by atoms with Gasteiger partial charge in [-0.05, 0) is 43.5 Å². The Kier molecular flexibility index (Phi) is 6.08. The van der Waals surface area contributed by atoms with Crippen LogP contribution < -0.4 is 10.5 Å². The number of nitrogens with zero attached hydrogens (tertiary/aromatic N) is 2. The number of carbonyl (C=O) groups is 3. The number of ether oxygens (including phenoxy) is 1. The van der Waals surface area contributed by atoms with Gasteiger partial charge in [0.2, 0.25) is 11.8 Å². The summed E-state index contributed by atoms with van der Waals surface area (Å²) in [5.74, 6) is -0.622. The maximum absolute atomic E-state index is 12.4. The number of carbonyl (C=O) groups excluding carboxylic acids is 3. The van der Waals surface area contributed by atoms with Crippen LogP contribution in [0.15, 0.2) is 41.6 Å². The third-order valence-electron chi connectivity index (χ3n) is 4.99. The Morgan fingerprint density at radius 3 is 2.32 bits per heavy atom. The molecule has 2 aliphatic rings. The number of rotatable bonds is 7. The van der Waals surface area contributed by atoms with Crippen LogP contribution in [0.1, 0.15) is 31.2 Å². The molecule has 0 radical (unpaired) electrons. The monoisotopic (exact) mass is 385 g/mol. The molecule has 148 valence electrons. The van der Waals surface area contributed by atoms with Crippen LogP contribution in [0, 0.1) is 11.8 Å². The topological polar surface area (TPSA) is 111 Å². The Labute approximate surface area is 163 Å². The maximum atomic E-state index is 12.4. The summed E-state index contributed by atoms with van der Waals surface area (Å²) in [7, 11) is 1.56. The van der Waals surface area contributed by atoms with Gasteiger partial charge in [0, 0.05) is 18.5 Å². The van der Waals surface area contributed by atoms with Crippen molar-refractivity contribution >= 4 is 23.6 Å². The number of allylic oxidation sites excluding steroid dienone is 2. The van der Waals surface area contributed by atoms with Gasteiger partial charge >= 0.3 is 5.97 Å². The number of fused-ring (bicyclic) bond motifs is 1. The molecular weight excluding hydrogens is 362 g/mol. The largest absolute Gasteiger partial charge is 0.497 e. The molecule has 0 saturated carbocycles. The van der Waals surface area contributed by atoms with Gasteiger partial charge in [0.1, 0.15) is 5.75 Å². The van der Waals surface area contributed by atoms with Crippen molar-refractivity contribution in [3.05, 3.63) is 42.0 Å². The second-order valence-electron chi connectivity index (χ2n) is 6.76. The molecule has 3 rings (SSSR count). The molecular formula is C20H23N3O5. The van der Waals surface area contributed by atoms with E-state index in [1.165, 1.54) is 4.90 Å². The van der Waals surface area contributed by atoms with Gasteiger partial charge < -0.3 is 15.3 Å². The van der Waals surface area contributed by atoms with Gasteiger partial charge in [-0.3, -0.25) is 14.5 Å². The average molecular weight is 385 g/mol. The minimum Gasteiger partial charge on any atom is -0.497 e. The highest BCUT2D eigenvalue weighted by Crippen LogP contribution is 2.35. The molecule has 1 aromatic rings. The number of methoxy groups -OCH3 is 1.